The molecule has 0 heterocycles. The lowest BCUT2D eigenvalue weighted by molar-refractivity contribution is 0.146. The van der Waals surface area contributed by atoms with E-state index in [1.54, 1.807) is 62.8 Å². The molecule has 30 heavy (non-hydrogen) atoms. The number of sulfonamides is 1. The molecule has 0 fully saturated rings. The van der Waals surface area contributed by atoms with E-state index in [4.69, 9.17) is 14.2 Å². The van der Waals surface area contributed by atoms with Crippen LogP contribution in [-0.4, -0.2) is 35.9 Å². The van der Waals surface area contributed by atoms with Crippen LogP contribution < -0.4 is 13.8 Å². The van der Waals surface area contributed by atoms with Gasteiger partial charge < -0.3 is 14.2 Å². The Kier molecular flexibility index (Phi) is 7.32. The van der Waals surface area contributed by atoms with Crippen molar-refractivity contribution in [3.05, 3.63) is 84.4 Å². The highest BCUT2D eigenvalue weighted by Gasteiger charge is 2.25. The van der Waals surface area contributed by atoms with E-state index in [9.17, 15) is 8.42 Å². The van der Waals surface area contributed by atoms with Crippen LogP contribution in [0.25, 0.3) is 0 Å². The largest absolute Gasteiger partial charge is 0.497 e. The number of anilines is 1. The van der Waals surface area contributed by atoms with Crippen molar-refractivity contribution in [3.8, 4) is 11.5 Å². The first-order chi connectivity index (χ1) is 14.5. The maximum atomic E-state index is 13.5. The summed E-state index contributed by atoms with van der Waals surface area (Å²) >= 11 is 0. The Balaban J connectivity index is 1.92. The van der Waals surface area contributed by atoms with Gasteiger partial charge in [0, 0.05) is 7.11 Å². The highest BCUT2D eigenvalue weighted by Crippen LogP contribution is 2.28. The summed E-state index contributed by atoms with van der Waals surface area (Å²) in [5.74, 6) is 1.25. The quantitative estimate of drug-likeness (QED) is 0.456. The predicted molar refractivity (Wildman–Crippen MR) is 117 cm³/mol. The van der Waals surface area contributed by atoms with Crippen LogP contribution >= 0.6 is 0 Å². The van der Waals surface area contributed by atoms with E-state index in [0.29, 0.717) is 30.4 Å². The van der Waals surface area contributed by atoms with Crippen LogP contribution in [0, 0.1) is 0 Å². The van der Waals surface area contributed by atoms with Gasteiger partial charge in [-0.2, -0.15) is 0 Å². The van der Waals surface area contributed by atoms with Crippen LogP contribution in [-0.2, 0) is 21.3 Å². The van der Waals surface area contributed by atoms with Crippen molar-refractivity contribution in [3.63, 3.8) is 0 Å². The fraction of sp³-hybridized carbons (Fsp3) is 0.217. The molecule has 3 aromatic rings. The van der Waals surface area contributed by atoms with E-state index < -0.39 is 10.0 Å². The molecule has 0 atom stereocenters. The minimum absolute atomic E-state index is 0.188. The maximum Gasteiger partial charge on any atom is 0.264 e. The first kappa shape index (κ1) is 21.7. The Morgan fingerprint density at radius 1 is 0.767 bits per heavy atom. The van der Waals surface area contributed by atoms with Crippen LogP contribution in [0.4, 0.5) is 5.69 Å². The summed E-state index contributed by atoms with van der Waals surface area (Å²) in [4.78, 5) is 0.188. The predicted octanol–water partition coefficient (Wildman–Crippen LogP) is 4.12. The molecule has 0 spiro atoms. The van der Waals surface area contributed by atoms with Gasteiger partial charge in [0.2, 0.25) is 0 Å². The molecule has 0 bridgehead atoms. The molecular weight excluding hydrogens is 402 g/mol. The molecule has 0 saturated heterocycles. The molecule has 0 aliphatic rings. The van der Waals surface area contributed by atoms with E-state index in [-0.39, 0.29) is 11.4 Å². The number of methoxy groups -OCH3 is 2. The van der Waals surface area contributed by atoms with Gasteiger partial charge in [-0.3, -0.25) is 4.31 Å². The zero-order valence-electron chi connectivity index (χ0n) is 17.0. The molecule has 6 nitrogen and oxygen atoms in total. The number of rotatable bonds is 10. The lowest BCUT2D eigenvalue weighted by atomic mass is 10.2. The summed E-state index contributed by atoms with van der Waals surface area (Å²) in [5.41, 5.74) is 1.44. The molecule has 0 saturated carbocycles. The Morgan fingerprint density at radius 2 is 1.40 bits per heavy atom. The van der Waals surface area contributed by atoms with Crippen molar-refractivity contribution in [1.82, 2.24) is 0 Å². The van der Waals surface area contributed by atoms with Crippen molar-refractivity contribution >= 4 is 15.7 Å². The van der Waals surface area contributed by atoms with Crippen molar-refractivity contribution in [2.24, 2.45) is 0 Å². The molecular formula is C23H25NO5S. The van der Waals surface area contributed by atoms with Crippen LogP contribution in [0.3, 0.4) is 0 Å². The normalized spacial score (nSPS) is 11.1. The number of ether oxygens (including phenoxy) is 3. The van der Waals surface area contributed by atoms with Crippen molar-refractivity contribution in [2.45, 2.75) is 11.4 Å². The maximum absolute atomic E-state index is 13.5. The third-order valence-corrected chi connectivity index (χ3v) is 6.29. The van der Waals surface area contributed by atoms with Gasteiger partial charge in [0.05, 0.1) is 30.8 Å². The lowest BCUT2D eigenvalue weighted by Crippen LogP contribution is -2.30. The Bertz CT molecular complexity index is 1020. The Labute approximate surface area is 177 Å². The summed E-state index contributed by atoms with van der Waals surface area (Å²) in [5, 5.41) is 0. The lowest BCUT2D eigenvalue weighted by Gasteiger charge is -2.25. The molecule has 0 aliphatic carbocycles. The van der Waals surface area contributed by atoms with E-state index >= 15 is 0 Å². The molecule has 0 amide bonds. The molecule has 158 valence electrons. The van der Waals surface area contributed by atoms with Crippen LogP contribution in [0.2, 0.25) is 0 Å². The molecule has 0 aliphatic heterocycles. The average molecular weight is 428 g/mol. The molecule has 7 heteroatoms. The molecule has 0 radical (unpaired) electrons. The zero-order valence-corrected chi connectivity index (χ0v) is 17.8. The second kappa shape index (κ2) is 10.1. The zero-order chi connectivity index (χ0) is 21.4. The van der Waals surface area contributed by atoms with Gasteiger partial charge in [-0.05, 0) is 54.1 Å². The molecule has 0 N–H and O–H groups in total. The van der Waals surface area contributed by atoms with Gasteiger partial charge in [-0.1, -0.05) is 30.3 Å². The molecule has 0 unspecified atom stereocenters. The number of benzene rings is 3. The average Bonchev–Trinajstić information content (AvgIpc) is 2.79. The third kappa shape index (κ3) is 5.31. The summed E-state index contributed by atoms with van der Waals surface area (Å²) in [6.07, 6.45) is 0. The summed E-state index contributed by atoms with van der Waals surface area (Å²) in [6.45, 7) is 1.07. The Hall–Kier alpha value is -3.03. The first-order valence-corrected chi connectivity index (χ1v) is 10.9. The highest BCUT2D eigenvalue weighted by molar-refractivity contribution is 7.92. The van der Waals surface area contributed by atoms with E-state index in [1.807, 2.05) is 30.3 Å². The smallest absolute Gasteiger partial charge is 0.264 e. The van der Waals surface area contributed by atoms with E-state index in [1.165, 1.54) is 4.31 Å². The van der Waals surface area contributed by atoms with E-state index in [2.05, 4.69) is 0 Å². The second-order valence-corrected chi connectivity index (χ2v) is 8.37. The number of hydrogen-bond donors (Lipinski definition) is 0. The monoisotopic (exact) mass is 427 g/mol. The topological polar surface area (TPSA) is 65.1 Å². The summed E-state index contributed by atoms with van der Waals surface area (Å²) in [6, 6.07) is 22.9. The first-order valence-electron chi connectivity index (χ1n) is 9.47. The summed E-state index contributed by atoms with van der Waals surface area (Å²) in [7, 11) is -0.632. The fourth-order valence-corrected chi connectivity index (χ4v) is 4.34. The summed E-state index contributed by atoms with van der Waals surface area (Å²) < 4.78 is 44.1. The SMILES string of the molecule is COCCOc1ccc(S(=O)(=O)N(Cc2ccccc2)c2ccc(OC)cc2)cc1. The van der Waals surface area contributed by atoms with Crippen molar-refractivity contribution < 1.29 is 22.6 Å². The van der Waals surface area contributed by atoms with Gasteiger partial charge in [-0.15, -0.1) is 0 Å². The van der Waals surface area contributed by atoms with Gasteiger partial charge in [0.15, 0.2) is 0 Å². The van der Waals surface area contributed by atoms with Gasteiger partial charge >= 0.3 is 0 Å². The van der Waals surface area contributed by atoms with Gasteiger partial charge in [-0.25, -0.2) is 8.42 Å². The highest BCUT2D eigenvalue weighted by atomic mass is 32.2. The Morgan fingerprint density at radius 3 is 2.00 bits per heavy atom. The van der Waals surface area contributed by atoms with Gasteiger partial charge in [0.1, 0.15) is 18.1 Å². The molecule has 3 aromatic carbocycles. The minimum Gasteiger partial charge on any atom is -0.497 e. The van der Waals surface area contributed by atoms with Crippen LogP contribution in [0.5, 0.6) is 11.5 Å². The third-order valence-electron chi connectivity index (χ3n) is 4.50. The fourth-order valence-electron chi connectivity index (χ4n) is 2.89. The number of nitrogens with zero attached hydrogens (tertiary/aromatic N) is 1. The van der Waals surface area contributed by atoms with Crippen molar-refractivity contribution in [1.29, 1.82) is 0 Å². The molecule has 0 aromatic heterocycles. The minimum atomic E-state index is -3.80. The van der Waals surface area contributed by atoms with E-state index in [0.717, 1.165) is 5.56 Å². The molecule has 3 rings (SSSR count). The van der Waals surface area contributed by atoms with Crippen molar-refractivity contribution in [2.75, 3.05) is 31.7 Å². The second-order valence-electron chi connectivity index (χ2n) is 6.51. The van der Waals surface area contributed by atoms with Gasteiger partial charge in [0.25, 0.3) is 10.0 Å². The van der Waals surface area contributed by atoms with Crippen LogP contribution in [0.15, 0.2) is 83.8 Å². The standard InChI is InChI=1S/C23H25NO5S/c1-27-16-17-29-22-12-14-23(15-13-22)30(25,26)24(18-19-6-4-3-5-7-19)20-8-10-21(28-2)11-9-20/h3-15H,16-18H2,1-2H3. The number of hydrogen-bond acceptors (Lipinski definition) is 5. The van der Waals surface area contributed by atoms with Crippen LogP contribution in [0.1, 0.15) is 5.56 Å².